The number of hydrogen-bond donors (Lipinski definition) is 1. The third-order valence-corrected chi connectivity index (χ3v) is 7.55. The first-order valence-corrected chi connectivity index (χ1v) is 11.3. The minimum atomic E-state index is -4.11. The van der Waals surface area contributed by atoms with Crippen molar-refractivity contribution in [2.45, 2.75) is 9.79 Å². The normalized spacial score (nSPS) is 12.3. The van der Waals surface area contributed by atoms with E-state index < -0.39 is 20.0 Å². The molecule has 0 aliphatic rings. The van der Waals surface area contributed by atoms with Crippen LogP contribution in [0, 0.1) is 0 Å². The summed E-state index contributed by atoms with van der Waals surface area (Å²) in [5.41, 5.74) is 0.577. The molecule has 0 spiro atoms. The Kier molecular flexibility index (Phi) is 6.33. The Morgan fingerprint density at radius 1 is 0.889 bits per heavy atom. The summed E-state index contributed by atoms with van der Waals surface area (Å²) in [4.78, 5) is 1.40. The van der Waals surface area contributed by atoms with Crippen molar-refractivity contribution in [2.75, 3.05) is 37.8 Å². The number of nitrogens with one attached hydrogen (secondary N) is 1. The lowest BCUT2D eigenvalue weighted by Gasteiger charge is -2.21. The number of anilines is 2. The van der Waals surface area contributed by atoms with Gasteiger partial charge < -0.3 is 4.90 Å². The first kappa shape index (κ1) is 21.8. The Labute approximate surface area is 169 Å². The molecule has 0 radical (unpaired) electrons. The second kappa shape index (κ2) is 7.84. The molecule has 2 aromatic rings. The standard InChI is InChI=1S/C16H19Cl2N3O4S2/c1-20(2)15-8-6-12(27(24,25)21(3)4)10-14(15)19-26(22,23)16-9-11(17)5-7-13(16)18/h5-10,19H,1-4H3. The average molecular weight is 452 g/mol. The van der Waals surface area contributed by atoms with Crippen molar-refractivity contribution >= 4 is 54.6 Å². The summed E-state index contributed by atoms with van der Waals surface area (Å²) >= 11 is 11.9. The Hall–Kier alpha value is -1.52. The number of sulfonamides is 2. The molecule has 0 aromatic heterocycles. The van der Waals surface area contributed by atoms with Gasteiger partial charge in [0.05, 0.1) is 21.3 Å². The lowest BCUT2D eigenvalue weighted by atomic mass is 10.2. The van der Waals surface area contributed by atoms with Crippen molar-refractivity contribution in [3.05, 3.63) is 46.4 Å². The highest BCUT2D eigenvalue weighted by Gasteiger charge is 2.23. The number of hydrogen-bond acceptors (Lipinski definition) is 5. The molecule has 7 nitrogen and oxygen atoms in total. The van der Waals surface area contributed by atoms with Gasteiger partial charge in [-0.1, -0.05) is 23.2 Å². The van der Waals surface area contributed by atoms with Gasteiger partial charge in [0.25, 0.3) is 10.0 Å². The van der Waals surface area contributed by atoms with Crippen LogP contribution in [0.25, 0.3) is 0 Å². The van der Waals surface area contributed by atoms with Crippen molar-refractivity contribution < 1.29 is 16.8 Å². The highest BCUT2D eigenvalue weighted by molar-refractivity contribution is 7.93. The van der Waals surface area contributed by atoms with E-state index in [1.54, 1.807) is 19.0 Å². The van der Waals surface area contributed by atoms with Crippen LogP contribution in [0.1, 0.15) is 0 Å². The van der Waals surface area contributed by atoms with Gasteiger partial charge in [-0.15, -0.1) is 0 Å². The van der Waals surface area contributed by atoms with Crippen molar-refractivity contribution in [2.24, 2.45) is 0 Å². The van der Waals surface area contributed by atoms with E-state index in [4.69, 9.17) is 23.2 Å². The second-order valence-corrected chi connectivity index (χ2v) is 10.7. The molecule has 148 valence electrons. The highest BCUT2D eigenvalue weighted by atomic mass is 35.5. The first-order valence-electron chi connectivity index (χ1n) is 7.58. The summed E-state index contributed by atoms with van der Waals surface area (Å²) in [5, 5.41) is 0.201. The van der Waals surface area contributed by atoms with Crippen LogP contribution in [-0.4, -0.2) is 49.3 Å². The number of rotatable bonds is 6. The minimum absolute atomic E-state index is 0.00429. The van der Waals surface area contributed by atoms with Crippen LogP contribution in [0.2, 0.25) is 10.0 Å². The van der Waals surface area contributed by atoms with Crippen LogP contribution in [0.15, 0.2) is 46.2 Å². The van der Waals surface area contributed by atoms with Gasteiger partial charge in [-0.3, -0.25) is 4.72 Å². The summed E-state index contributed by atoms with van der Waals surface area (Å²) in [7, 11) is -1.65. The molecule has 2 rings (SSSR count). The number of halogens is 2. The van der Waals surface area contributed by atoms with E-state index in [9.17, 15) is 16.8 Å². The van der Waals surface area contributed by atoms with Gasteiger partial charge in [-0.2, -0.15) is 0 Å². The molecule has 2 aromatic carbocycles. The molecular formula is C16H19Cl2N3O4S2. The monoisotopic (exact) mass is 451 g/mol. The van der Waals surface area contributed by atoms with Crippen molar-refractivity contribution in [3.8, 4) is 0 Å². The lowest BCUT2D eigenvalue weighted by Crippen LogP contribution is -2.23. The molecule has 1 N–H and O–H groups in total. The van der Waals surface area contributed by atoms with Crippen molar-refractivity contribution in [3.63, 3.8) is 0 Å². The molecular weight excluding hydrogens is 433 g/mol. The molecule has 0 fully saturated rings. The SMILES string of the molecule is CN(C)c1ccc(S(=O)(=O)N(C)C)cc1NS(=O)(=O)c1cc(Cl)ccc1Cl. The van der Waals surface area contributed by atoms with Gasteiger partial charge in [0.15, 0.2) is 0 Å². The Morgan fingerprint density at radius 3 is 2.07 bits per heavy atom. The lowest BCUT2D eigenvalue weighted by molar-refractivity contribution is 0.521. The van der Waals surface area contributed by atoms with Crippen LogP contribution in [0.4, 0.5) is 11.4 Å². The molecule has 0 amide bonds. The quantitative estimate of drug-likeness (QED) is 0.728. The zero-order chi connectivity index (χ0) is 20.6. The zero-order valence-corrected chi connectivity index (χ0v) is 18.2. The molecule has 0 unspecified atom stereocenters. The summed E-state index contributed by atoms with van der Waals surface area (Å²) in [6, 6.07) is 8.27. The average Bonchev–Trinajstić information content (AvgIpc) is 2.56. The Bertz CT molecular complexity index is 1070. The van der Waals surface area contributed by atoms with E-state index >= 15 is 0 Å². The fraction of sp³-hybridized carbons (Fsp3) is 0.250. The molecule has 0 saturated heterocycles. The third kappa shape index (κ3) is 4.67. The largest absolute Gasteiger partial charge is 0.376 e. The number of benzene rings is 2. The van der Waals surface area contributed by atoms with Crippen molar-refractivity contribution in [1.29, 1.82) is 0 Å². The van der Waals surface area contributed by atoms with Gasteiger partial charge in [0.1, 0.15) is 4.90 Å². The maximum atomic E-state index is 12.8. The number of nitrogens with zero attached hydrogens (tertiary/aromatic N) is 2. The summed E-state index contributed by atoms with van der Waals surface area (Å²) in [6.45, 7) is 0. The Balaban J connectivity index is 2.61. The second-order valence-electron chi connectivity index (χ2n) is 6.04. The molecule has 0 heterocycles. The fourth-order valence-electron chi connectivity index (χ4n) is 2.24. The van der Waals surface area contributed by atoms with Crippen molar-refractivity contribution in [1.82, 2.24) is 4.31 Å². The Morgan fingerprint density at radius 2 is 1.52 bits per heavy atom. The van der Waals surface area contributed by atoms with Crippen LogP contribution in [-0.2, 0) is 20.0 Å². The van der Waals surface area contributed by atoms with E-state index in [-0.39, 0.29) is 25.5 Å². The van der Waals surface area contributed by atoms with Gasteiger partial charge in [-0.25, -0.2) is 21.1 Å². The summed E-state index contributed by atoms with van der Waals surface area (Å²) in [5.74, 6) is 0. The first-order chi connectivity index (χ1) is 12.4. The maximum absolute atomic E-state index is 12.8. The van der Waals surface area contributed by atoms with Gasteiger partial charge in [-0.05, 0) is 36.4 Å². The zero-order valence-electron chi connectivity index (χ0n) is 15.1. The highest BCUT2D eigenvalue weighted by Crippen LogP contribution is 2.32. The molecule has 11 heteroatoms. The molecule has 0 bridgehead atoms. The summed E-state index contributed by atoms with van der Waals surface area (Å²) in [6.07, 6.45) is 0. The smallest absolute Gasteiger partial charge is 0.263 e. The topological polar surface area (TPSA) is 86.8 Å². The van der Waals surface area contributed by atoms with E-state index in [1.807, 2.05) is 0 Å². The maximum Gasteiger partial charge on any atom is 0.263 e. The molecule has 0 atom stereocenters. The van der Waals surface area contributed by atoms with Gasteiger partial charge in [0, 0.05) is 33.2 Å². The van der Waals surface area contributed by atoms with Crippen LogP contribution >= 0.6 is 23.2 Å². The van der Waals surface area contributed by atoms with Gasteiger partial charge >= 0.3 is 0 Å². The van der Waals surface area contributed by atoms with Crippen LogP contribution in [0.5, 0.6) is 0 Å². The predicted octanol–water partition coefficient (Wildman–Crippen LogP) is 3.11. The molecule has 0 aliphatic carbocycles. The molecule has 27 heavy (non-hydrogen) atoms. The van der Waals surface area contributed by atoms with E-state index in [2.05, 4.69) is 4.72 Å². The minimum Gasteiger partial charge on any atom is -0.376 e. The molecule has 0 saturated carbocycles. The molecule has 0 aliphatic heterocycles. The predicted molar refractivity (Wildman–Crippen MR) is 109 cm³/mol. The van der Waals surface area contributed by atoms with E-state index in [0.717, 1.165) is 4.31 Å². The summed E-state index contributed by atoms with van der Waals surface area (Å²) < 4.78 is 53.9. The fourth-order valence-corrected chi connectivity index (χ4v) is 5.00. The van der Waals surface area contributed by atoms with Gasteiger partial charge in [0.2, 0.25) is 10.0 Å². The van der Waals surface area contributed by atoms with Crippen LogP contribution < -0.4 is 9.62 Å². The van der Waals surface area contributed by atoms with E-state index in [1.165, 1.54) is 50.5 Å². The van der Waals surface area contributed by atoms with Crippen LogP contribution in [0.3, 0.4) is 0 Å². The van der Waals surface area contributed by atoms with E-state index in [0.29, 0.717) is 5.69 Å². The third-order valence-electron chi connectivity index (χ3n) is 3.66.